The molecule has 0 radical (unpaired) electrons. The van der Waals surface area contributed by atoms with Crippen LogP contribution in [-0.2, 0) is 4.79 Å². The number of nitrogens with one attached hydrogen (secondary N) is 1. The number of amides is 1. The number of carbonyl (C=O) groups is 1. The summed E-state index contributed by atoms with van der Waals surface area (Å²) in [5.74, 6) is -4.88. The van der Waals surface area contributed by atoms with E-state index in [-0.39, 0.29) is 5.69 Å². The molecule has 0 fully saturated rings. The van der Waals surface area contributed by atoms with Gasteiger partial charge in [0.1, 0.15) is 6.04 Å². The number of nitrogens with two attached hydrogens (primary N) is 1. The zero-order valence-electron chi connectivity index (χ0n) is 7.85. The Morgan fingerprint density at radius 3 is 2.20 bits per heavy atom. The summed E-state index contributed by atoms with van der Waals surface area (Å²) in [5.41, 5.74) is 4.88. The van der Waals surface area contributed by atoms with Crippen molar-refractivity contribution in [2.75, 3.05) is 5.32 Å². The Hall–Kier alpha value is -1.72. The van der Waals surface area contributed by atoms with Crippen LogP contribution in [0.15, 0.2) is 12.1 Å². The van der Waals surface area contributed by atoms with E-state index < -0.39 is 29.4 Å². The Balaban J connectivity index is 2.92. The number of hydrogen-bond acceptors (Lipinski definition) is 2. The van der Waals surface area contributed by atoms with Crippen LogP contribution in [0.1, 0.15) is 6.92 Å². The molecular formula is C9H9F3N2O. The highest BCUT2D eigenvalue weighted by Crippen LogP contribution is 2.17. The summed E-state index contributed by atoms with van der Waals surface area (Å²) < 4.78 is 38.0. The first-order chi connectivity index (χ1) is 6.91. The second-order valence-electron chi connectivity index (χ2n) is 3.02. The van der Waals surface area contributed by atoms with Gasteiger partial charge in [-0.1, -0.05) is 0 Å². The van der Waals surface area contributed by atoms with E-state index in [1.807, 2.05) is 0 Å². The standard InChI is InChI=1S/C9H9F3N2O/c1-4(9(13)15)14-5-2-6(10)8(12)7(11)3-5/h2-4,14H,1H3,(H2,13,15)/t4-/m0/s1. The van der Waals surface area contributed by atoms with E-state index in [0.29, 0.717) is 0 Å². The summed E-state index contributed by atoms with van der Waals surface area (Å²) in [6.07, 6.45) is 0. The van der Waals surface area contributed by atoms with Crippen molar-refractivity contribution in [1.29, 1.82) is 0 Å². The number of halogens is 3. The van der Waals surface area contributed by atoms with Gasteiger partial charge in [0.05, 0.1) is 0 Å². The lowest BCUT2D eigenvalue weighted by Gasteiger charge is -2.11. The molecule has 15 heavy (non-hydrogen) atoms. The number of primary amides is 1. The zero-order chi connectivity index (χ0) is 11.6. The van der Waals surface area contributed by atoms with Gasteiger partial charge in [0.25, 0.3) is 0 Å². The Morgan fingerprint density at radius 2 is 1.80 bits per heavy atom. The van der Waals surface area contributed by atoms with Crippen LogP contribution in [0, 0.1) is 17.5 Å². The van der Waals surface area contributed by atoms with Gasteiger partial charge < -0.3 is 11.1 Å². The Morgan fingerprint density at radius 1 is 1.33 bits per heavy atom. The van der Waals surface area contributed by atoms with Crippen LogP contribution in [-0.4, -0.2) is 11.9 Å². The molecule has 1 atom stereocenters. The van der Waals surface area contributed by atoms with Gasteiger partial charge in [0.2, 0.25) is 5.91 Å². The zero-order valence-corrected chi connectivity index (χ0v) is 7.85. The van der Waals surface area contributed by atoms with Crippen molar-refractivity contribution in [3.63, 3.8) is 0 Å². The Kier molecular flexibility index (Phi) is 3.18. The summed E-state index contributed by atoms with van der Waals surface area (Å²) in [6, 6.07) is 0.699. The SMILES string of the molecule is C[C@H](Nc1cc(F)c(F)c(F)c1)C(N)=O. The van der Waals surface area contributed by atoms with Crippen molar-refractivity contribution < 1.29 is 18.0 Å². The van der Waals surface area contributed by atoms with E-state index in [1.165, 1.54) is 6.92 Å². The third-order valence-electron chi connectivity index (χ3n) is 1.79. The second kappa shape index (κ2) is 4.20. The molecule has 0 bridgehead atoms. The smallest absolute Gasteiger partial charge is 0.239 e. The molecule has 0 aliphatic heterocycles. The number of benzene rings is 1. The van der Waals surface area contributed by atoms with Crippen LogP contribution in [0.4, 0.5) is 18.9 Å². The lowest BCUT2D eigenvalue weighted by Crippen LogP contribution is -2.32. The molecule has 0 aromatic heterocycles. The van der Waals surface area contributed by atoms with Crippen LogP contribution in [0.2, 0.25) is 0 Å². The molecule has 0 aliphatic rings. The number of rotatable bonds is 3. The van der Waals surface area contributed by atoms with E-state index in [0.717, 1.165) is 12.1 Å². The fourth-order valence-electron chi connectivity index (χ4n) is 0.960. The van der Waals surface area contributed by atoms with Crippen molar-refractivity contribution >= 4 is 11.6 Å². The predicted molar refractivity (Wildman–Crippen MR) is 48.6 cm³/mol. The molecule has 0 spiro atoms. The molecule has 1 rings (SSSR count). The number of hydrogen-bond donors (Lipinski definition) is 2. The summed E-state index contributed by atoms with van der Waals surface area (Å²) in [5, 5.41) is 2.43. The van der Waals surface area contributed by atoms with E-state index in [2.05, 4.69) is 5.32 Å². The fourth-order valence-corrected chi connectivity index (χ4v) is 0.960. The number of carbonyl (C=O) groups excluding carboxylic acids is 1. The van der Waals surface area contributed by atoms with Crippen LogP contribution in [0.5, 0.6) is 0 Å². The topological polar surface area (TPSA) is 55.1 Å². The molecule has 82 valence electrons. The monoisotopic (exact) mass is 218 g/mol. The van der Waals surface area contributed by atoms with Gasteiger partial charge in [0, 0.05) is 17.8 Å². The molecule has 1 amide bonds. The average molecular weight is 218 g/mol. The Bertz CT molecular complexity index is 372. The van der Waals surface area contributed by atoms with Crippen LogP contribution in [0.3, 0.4) is 0 Å². The van der Waals surface area contributed by atoms with Crippen LogP contribution in [0.25, 0.3) is 0 Å². The minimum atomic E-state index is -1.55. The highest BCUT2D eigenvalue weighted by molar-refractivity contribution is 5.82. The molecule has 1 aromatic rings. The minimum Gasteiger partial charge on any atom is -0.374 e. The first kappa shape index (κ1) is 11.4. The van der Waals surface area contributed by atoms with Crippen molar-refractivity contribution in [1.82, 2.24) is 0 Å². The van der Waals surface area contributed by atoms with E-state index >= 15 is 0 Å². The Labute approximate surface area is 84.1 Å². The molecular weight excluding hydrogens is 209 g/mol. The third kappa shape index (κ3) is 2.61. The van der Waals surface area contributed by atoms with Crippen molar-refractivity contribution in [3.8, 4) is 0 Å². The average Bonchev–Trinajstić information content (AvgIpc) is 2.13. The lowest BCUT2D eigenvalue weighted by atomic mass is 10.2. The molecule has 3 N–H and O–H groups in total. The van der Waals surface area contributed by atoms with Gasteiger partial charge in [-0.2, -0.15) is 0 Å². The maximum absolute atomic E-state index is 12.7. The van der Waals surface area contributed by atoms with Crippen molar-refractivity contribution in [3.05, 3.63) is 29.6 Å². The van der Waals surface area contributed by atoms with Crippen molar-refractivity contribution in [2.24, 2.45) is 5.73 Å². The molecule has 0 aliphatic carbocycles. The summed E-state index contributed by atoms with van der Waals surface area (Å²) in [7, 11) is 0. The van der Waals surface area contributed by atoms with Crippen LogP contribution < -0.4 is 11.1 Å². The highest BCUT2D eigenvalue weighted by atomic mass is 19.2. The molecule has 0 unspecified atom stereocenters. The first-order valence-corrected chi connectivity index (χ1v) is 4.12. The summed E-state index contributed by atoms with van der Waals surface area (Å²) in [4.78, 5) is 10.6. The van der Waals surface area contributed by atoms with Gasteiger partial charge in [-0.25, -0.2) is 13.2 Å². The molecule has 6 heteroatoms. The van der Waals surface area contributed by atoms with Crippen molar-refractivity contribution in [2.45, 2.75) is 13.0 Å². The maximum atomic E-state index is 12.7. The van der Waals surface area contributed by atoms with Crippen LogP contribution >= 0.6 is 0 Å². The normalized spacial score (nSPS) is 12.3. The lowest BCUT2D eigenvalue weighted by molar-refractivity contribution is -0.118. The fraction of sp³-hybridized carbons (Fsp3) is 0.222. The maximum Gasteiger partial charge on any atom is 0.239 e. The van der Waals surface area contributed by atoms with E-state index in [1.54, 1.807) is 0 Å². The second-order valence-corrected chi connectivity index (χ2v) is 3.02. The van der Waals surface area contributed by atoms with E-state index in [4.69, 9.17) is 5.73 Å². The van der Waals surface area contributed by atoms with Gasteiger partial charge in [-0.05, 0) is 6.92 Å². The molecule has 1 aromatic carbocycles. The molecule has 0 saturated carbocycles. The third-order valence-corrected chi connectivity index (χ3v) is 1.79. The van der Waals surface area contributed by atoms with E-state index in [9.17, 15) is 18.0 Å². The van der Waals surface area contributed by atoms with Gasteiger partial charge >= 0.3 is 0 Å². The molecule has 3 nitrogen and oxygen atoms in total. The van der Waals surface area contributed by atoms with Gasteiger partial charge in [-0.3, -0.25) is 4.79 Å². The summed E-state index contributed by atoms with van der Waals surface area (Å²) >= 11 is 0. The predicted octanol–water partition coefficient (Wildman–Crippen LogP) is 1.39. The largest absolute Gasteiger partial charge is 0.374 e. The van der Waals surface area contributed by atoms with Gasteiger partial charge in [-0.15, -0.1) is 0 Å². The minimum absolute atomic E-state index is 0.0438. The molecule has 0 saturated heterocycles. The molecule has 0 heterocycles. The first-order valence-electron chi connectivity index (χ1n) is 4.12. The van der Waals surface area contributed by atoms with Gasteiger partial charge in [0.15, 0.2) is 17.5 Å². The summed E-state index contributed by atoms with van der Waals surface area (Å²) in [6.45, 7) is 1.42. The quantitative estimate of drug-likeness (QED) is 0.753. The number of anilines is 1. The highest BCUT2D eigenvalue weighted by Gasteiger charge is 2.13.